The molecule has 0 amide bonds. The lowest BCUT2D eigenvalue weighted by atomic mass is 10.1. The van der Waals surface area contributed by atoms with Gasteiger partial charge in [0.1, 0.15) is 5.82 Å². The van der Waals surface area contributed by atoms with E-state index < -0.39 is 0 Å². The third-order valence-corrected chi connectivity index (χ3v) is 2.98. The van der Waals surface area contributed by atoms with Crippen LogP contribution in [0.1, 0.15) is 12.8 Å². The van der Waals surface area contributed by atoms with Crippen LogP contribution in [0.2, 0.25) is 0 Å². The number of anilines is 2. The molecule has 1 aliphatic heterocycles. The maximum Gasteiger partial charge on any atom is 0.127 e. The molecule has 2 rings (SSSR count). The predicted molar refractivity (Wildman–Crippen MR) is 63.1 cm³/mol. The molecule has 1 unspecified atom stereocenters. The second-order valence-electron chi connectivity index (χ2n) is 4.19. The summed E-state index contributed by atoms with van der Waals surface area (Å²) in [5.41, 5.74) is 6.95. The molecule has 0 spiro atoms. The molecule has 0 bridgehead atoms. The summed E-state index contributed by atoms with van der Waals surface area (Å²) in [6, 6.07) is 4.66. The van der Waals surface area contributed by atoms with Crippen LogP contribution >= 0.6 is 0 Å². The lowest BCUT2D eigenvalue weighted by Crippen LogP contribution is -2.39. The fraction of sp³-hybridized carbons (Fsp3) is 0.500. The van der Waals surface area contributed by atoms with Crippen LogP contribution in [0.5, 0.6) is 0 Å². The first-order valence-electron chi connectivity index (χ1n) is 5.53. The lowest BCUT2D eigenvalue weighted by Gasteiger charge is -2.33. The Kier molecular flexibility index (Phi) is 3.29. The molecule has 0 aromatic heterocycles. The molecule has 1 aromatic carbocycles. The Morgan fingerprint density at radius 2 is 2.25 bits per heavy atom. The second-order valence-corrected chi connectivity index (χ2v) is 4.19. The van der Waals surface area contributed by atoms with Crippen LogP contribution in [0.25, 0.3) is 0 Å². The van der Waals surface area contributed by atoms with Gasteiger partial charge in [-0.05, 0) is 31.0 Å². The number of nitrogens with zero attached hydrogens (tertiary/aromatic N) is 1. The summed E-state index contributed by atoms with van der Waals surface area (Å²) in [5, 5.41) is 0. The van der Waals surface area contributed by atoms with Gasteiger partial charge in [0.25, 0.3) is 0 Å². The number of methoxy groups -OCH3 is 1. The zero-order chi connectivity index (χ0) is 11.5. The maximum atomic E-state index is 13.2. The Labute approximate surface area is 95.0 Å². The molecule has 3 nitrogen and oxygen atoms in total. The van der Waals surface area contributed by atoms with E-state index >= 15 is 0 Å². The Morgan fingerprint density at radius 1 is 1.44 bits per heavy atom. The largest absolute Gasteiger partial charge is 0.399 e. The fourth-order valence-electron chi connectivity index (χ4n) is 2.14. The highest BCUT2D eigenvalue weighted by Crippen LogP contribution is 2.24. The minimum atomic E-state index is -0.283. The van der Waals surface area contributed by atoms with Crippen molar-refractivity contribution in [3.8, 4) is 0 Å². The number of rotatable bonds is 2. The minimum Gasteiger partial charge on any atom is -0.399 e. The summed E-state index contributed by atoms with van der Waals surface area (Å²) >= 11 is 0. The van der Waals surface area contributed by atoms with E-state index in [4.69, 9.17) is 10.5 Å². The van der Waals surface area contributed by atoms with Crippen molar-refractivity contribution >= 4 is 11.4 Å². The van der Waals surface area contributed by atoms with E-state index in [2.05, 4.69) is 4.90 Å². The van der Waals surface area contributed by atoms with Crippen molar-refractivity contribution in [3.05, 3.63) is 24.0 Å². The van der Waals surface area contributed by atoms with Crippen LogP contribution in [0, 0.1) is 5.82 Å². The molecule has 0 saturated carbocycles. The summed E-state index contributed by atoms with van der Waals surface area (Å²) < 4.78 is 18.6. The molecule has 1 heterocycles. The normalized spacial score (nSPS) is 21.1. The van der Waals surface area contributed by atoms with Crippen LogP contribution in [-0.2, 0) is 4.74 Å². The lowest BCUT2D eigenvalue weighted by molar-refractivity contribution is 0.0893. The Morgan fingerprint density at radius 3 is 2.94 bits per heavy atom. The molecule has 1 atom stereocenters. The first-order chi connectivity index (χ1) is 7.69. The quantitative estimate of drug-likeness (QED) is 0.781. The average Bonchev–Trinajstić information content (AvgIpc) is 2.28. The predicted octanol–water partition coefficient (Wildman–Crippen LogP) is 2.02. The molecule has 88 valence electrons. The van der Waals surface area contributed by atoms with E-state index in [0.717, 1.165) is 31.6 Å². The van der Waals surface area contributed by atoms with E-state index in [9.17, 15) is 4.39 Å². The van der Waals surface area contributed by atoms with Crippen molar-refractivity contribution in [2.45, 2.75) is 18.9 Å². The van der Waals surface area contributed by atoms with E-state index in [1.807, 2.05) is 0 Å². The highest BCUT2D eigenvalue weighted by atomic mass is 19.1. The van der Waals surface area contributed by atoms with Gasteiger partial charge in [-0.3, -0.25) is 0 Å². The van der Waals surface area contributed by atoms with Crippen LogP contribution in [-0.4, -0.2) is 26.3 Å². The van der Waals surface area contributed by atoms with Crippen LogP contribution in [0.15, 0.2) is 18.2 Å². The highest BCUT2D eigenvalue weighted by Gasteiger charge is 2.20. The number of benzene rings is 1. The minimum absolute atomic E-state index is 0.234. The number of nitrogens with two attached hydrogens (primary N) is 1. The van der Waals surface area contributed by atoms with Crippen LogP contribution < -0.4 is 10.6 Å². The molecule has 1 fully saturated rings. The average molecular weight is 224 g/mol. The summed E-state index contributed by atoms with van der Waals surface area (Å²) in [7, 11) is 1.72. The van der Waals surface area contributed by atoms with E-state index in [0.29, 0.717) is 5.69 Å². The molecule has 2 N–H and O–H groups in total. The molecule has 1 aliphatic rings. The number of piperidine rings is 1. The highest BCUT2D eigenvalue weighted by molar-refractivity contribution is 5.56. The fourth-order valence-corrected chi connectivity index (χ4v) is 2.14. The van der Waals surface area contributed by atoms with E-state index in [1.54, 1.807) is 13.2 Å². The molecule has 1 saturated heterocycles. The molecule has 4 heteroatoms. The maximum absolute atomic E-state index is 13.2. The Bertz CT molecular complexity index is 350. The summed E-state index contributed by atoms with van der Waals surface area (Å²) in [5.74, 6) is -0.283. The van der Waals surface area contributed by atoms with Crippen molar-refractivity contribution in [3.63, 3.8) is 0 Å². The number of hydrogen-bond donors (Lipinski definition) is 1. The van der Waals surface area contributed by atoms with Gasteiger partial charge in [0.15, 0.2) is 0 Å². The molecule has 1 aromatic rings. The van der Waals surface area contributed by atoms with Gasteiger partial charge in [-0.15, -0.1) is 0 Å². The Balaban J connectivity index is 2.16. The van der Waals surface area contributed by atoms with E-state index in [-0.39, 0.29) is 11.9 Å². The monoisotopic (exact) mass is 224 g/mol. The van der Waals surface area contributed by atoms with Gasteiger partial charge in [0, 0.05) is 31.6 Å². The summed E-state index contributed by atoms with van der Waals surface area (Å²) in [4.78, 5) is 2.12. The van der Waals surface area contributed by atoms with Crippen molar-refractivity contribution in [2.75, 3.05) is 30.8 Å². The first kappa shape index (κ1) is 11.2. The number of nitrogen functional groups attached to an aromatic ring is 1. The van der Waals surface area contributed by atoms with E-state index in [1.165, 1.54) is 12.1 Å². The van der Waals surface area contributed by atoms with Gasteiger partial charge in [-0.2, -0.15) is 0 Å². The first-order valence-corrected chi connectivity index (χ1v) is 5.53. The molecular formula is C12H17FN2O. The Hall–Kier alpha value is -1.29. The van der Waals surface area contributed by atoms with Gasteiger partial charge < -0.3 is 15.4 Å². The van der Waals surface area contributed by atoms with Gasteiger partial charge >= 0.3 is 0 Å². The van der Waals surface area contributed by atoms with Crippen LogP contribution in [0.3, 0.4) is 0 Å². The van der Waals surface area contributed by atoms with Crippen molar-refractivity contribution in [2.24, 2.45) is 0 Å². The number of halogens is 1. The number of ether oxygens (including phenoxy) is 1. The standard InChI is InChI=1S/C12H17FN2O/c1-16-12-3-2-4-15(8-12)11-6-9(13)5-10(14)7-11/h5-7,12H,2-4,8,14H2,1H3. The van der Waals surface area contributed by atoms with Gasteiger partial charge in [-0.25, -0.2) is 4.39 Å². The SMILES string of the molecule is COC1CCCN(c2cc(N)cc(F)c2)C1. The van der Waals surface area contributed by atoms with Gasteiger partial charge in [-0.1, -0.05) is 0 Å². The second kappa shape index (κ2) is 4.70. The smallest absolute Gasteiger partial charge is 0.127 e. The van der Waals surface area contributed by atoms with Gasteiger partial charge in [0.2, 0.25) is 0 Å². The molecule has 0 radical (unpaired) electrons. The summed E-state index contributed by atoms with van der Waals surface area (Å²) in [6.07, 6.45) is 2.37. The molecule has 16 heavy (non-hydrogen) atoms. The zero-order valence-electron chi connectivity index (χ0n) is 9.45. The van der Waals surface area contributed by atoms with Gasteiger partial charge in [0.05, 0.1) is 6.10 Å². The van der Waals surface area contributed by atoms with Crippen molar-refractivity contribution in [1.29, 1.82) is 0 Å². The zero-order valence-corrected chi connectivity index (χ0v) is 9.45. The third-order valence-electron chi connectivity index (χ3n) is 2.98. The topological polar surface area (TPSA) is 38.5 Å². The molecular weight excluding hydrogens is 207 g/mol. The van der Waals surface area contributed by atoms with Crippen molar-refractivity contribution in [1.82, 2.24) is 0 Å². The van der Waals surface area contributed by atoms with Crippen molar-refractivity contribution < 1.29 is 9.13 Å². The third kappa shape index (κ3) is 2.44. The van der Waals surface area contributed by atoms with Crippen LogP contribution in [0.4, 0.5) is 15.8 Å². The summed E-state index contributed by atoms with van der Waals surface area (Å²) in [6.45, 7) is 1.74. The number of hydrogen-bond acceptors (Lipinski definition) is 3. The molecule has 0 aliphatic carbocycles.